The topological polar surface area (TPSA) is 76.9 Å². The first kappa shape index (κ1) is 21.4. The molecule has 0 spiro atoms. The fourth-order valence-electron chi connectivity index (χ4n) is 3.68. The molecule has 0 saturated heterocycles. The molecule has 1 aromatic heterocycles. The van der Waals surface area contributed by atoms with Gasteiger partial charge in [-0.05, 0) is 42.0 Å². The summed E-state index contributed by atoms with van der Waals surface area (Å²) in [6.07, 6.45) is 0. The van der Waals surface area contributed by atoms with Gasteiger partial charge < -0.3 is 5.32 Å². The first-order valence-corrected chi connectivity index (χ1v) is 11.3. The highest BCUT2D eigenvalue weighted by molar-refractivity contribution is 7.99. The van der Waals surface area contributed by atoms with Crippen LogP contribution in [0.15, 0.2) is 84.0 Å². The first-order valence-electron chi connectivity index (χ1n) is 10.1. The summed E-state index contributed by atoms with van der Waals surface area (Å²) in [5.41, 5.74) is 1.66. The summed E-state index contributed by atoms with van der Waals surface area (Å²) in [4.78, 5) is 26.7. The van der Waals surface area contributed by atoms with Gasteiger partial charge in [0, 0.05) is 11.1 Å². The Morgan fingerprint density at radius 2 is 1.67 bits per heavy atom. The molecule has 1 aliphatic rings. The van der Waals surface area contributed by atoms with Gasteiger partial charge >= 0.3 is 0 Å². The van der Waals surface area contributed by atoms with Crippen molar-refractivity contribution in [3.63, 3.8) is 0 Å². The molecule has 0 radical (unpaired) electrons. The third kappa shape index (κ3) is 4.03. The highest BCUT2D eigenvalue weighted by atomic mass is 35.5. The summed E-state index contributed by atoms with van der Waals surface area (Å²) in [5.74, 6) is -0.885. The molecule has 0 fully saturated rings. The number of benzene rings is 3. The second kappa shape index (κ2) is 8.80. The lowest BCUT2D eigenvalue weighted by atomic mass is 10.0. The molecular weight excluding hydrogens is 463 g/mol. The van der Waals surface area contributed by atoms with Crippen molar-refractivity contribution in [1.82, 2.24) is 20.1 Å². The maximum absolute atomic E-state index is 13.7. The molecule has 1 N–H and O–H groups in total. The van der Waals surface area contributed by atoms with Crippen molar-refractivity contribution >= 4 is 35.2 Å². The van der Waals surface area contributed by atoms with Crippen LogP contribution < -0.4 is 5.32 Å². The van der Waals surface area contributed by atoms with Crippen LogP contribution >= 0.6 is 23.4 Å². The number of carbonyl (C=O) groups excluding carboxylic acids is 2. The van der Waals surface area contributed by atoms with Crippen LogP contribution in [-0.2, 0) is 0 Å². The number of hydrogen-bond donors (Lipinski definition) is 1. The minimum Gasteiger partial charge on any atom is -0.339 e. The lowest BCUT2D eigenvalue weighted by molar-refractivity contribution is 0.0789. The van der Waals surface area contributed by atoms with Crippen molar-refractivity contribution in [3.8, 4) is 11.4 Å². The second-order valence-electron chi connectivity index (χ2n) is 7.37. The highest BCUT2D eigenvalue weighted by Gasteiger charge is 2.41. The Labute approximate surface area is 197 Å². The Hall–Kier alpha value is -3.49. The van der Waals surface area contributed by atoms with E-state index >= 15 is 0 Å². The van der Waals surface area contributed by atoms with Gasteiger partial charge in [0.25, 0.3) is 11.8 Å². The molecule has 1 aliphatic heterocycles. The molecule has 33 heavy (non-hydrogen) atoms. The number of hydrogen-bond acceptors (Lipinski definition) is 5. The number of rotatable bonds is 4. The molecule has 2 heterocycles. The van der Waals surface area contributed by atoms with E-state index in [9.17, 15) is 14.0 Å². The van der Waals surface area contributed by atoms with Crippen LogP contribution in [0, 0.1) is 5.82 Å². The van der Waals surface area contributed by atoms with Crippen LogP contribution in [0.5, 0.6) is 0 Å². The molecule has 3 aromatic carbocycles. The fourth-order valence-corrected chi connectivity index (χ4v) is 5.11. The molecule has 0 saturated carbocycles. The van der Waals surface area contributed by atoms with Gasteiger partial charge in [-0.25, -0.2) is 8.96 Å². The number of thioether (sulfide) groups is 1. The lowest BCUT2D eigenvalue weighted by Crippen LogP contribution is -2.48. The molecule has 6 nitrogen and oxygen atoms in total. The van der Waals surface area contributed by atoms with Crippen molar-refractivity contribution in [3.05, 3.63) is 101 Å². The van der Waals surface area contributed by atoms with E-state index in [2.05, 4.69) is 15.5 Å². The molecule has 9 heteroatoms. The standard InChI is InChI=1S/C24H16ClFN4O2S/c25-18-9-5-4-8-17(18)21-28-29-24-30(21)23(32)19(27-22(31)15-6-2-1-3-7-15)20(33-24)14-10-12-16(26)13-11-14/h1-13,19-20H,(H,27,31). The highest BCUT2D eigenvalue weighted by Crippen LogP contribution is 2.43. The van der Waals surface area contributed by atoms with Crippen molar-refractivity contribution < 1.29 is 14.0 Å². The van der Waals surface area contributed by atoms with Gasteiger partial charge in [-0.3, -0.25) is 9.59 Å². The lowest BCUT2D eigenvalue weighted by Gasteiger charge is -2.31. The third-order valence-electron chi connectivity index (χ3n) is 5.29. The van der Waals surface area contributed by atoms with Crippen LogP contribution in [0.25, 0.3) is 11.4 Å². The summed E-state index contributed by atoms with van der Waals surface area (Å²) >= 11 is 7.62. The van der Waals surface area contributed by atoms with Gasteiger partial charge in [0.2, 0.25) is 0 Å². The quantitative estimate of drug-likeness (QED) is 0.445. The number of aromatic nitrogens is 3. The van der Waals surface area contributed by atoms with Crippen LogP contribution in [0.2, 0.25) is 5.02 Å². The Bertz CT molecular complexity index is 1340. The zero-order valence-electron chi connectivity index (χ0n) is 17.0. The van der Waals surface area contributed by atoms with Gasteiger partial charge in [0.15, 0.2) is 11.0 Å². The van der Waals surface area contributed by atoms with E-state index in [4.69, 9.17) is 11.6 Å². The van der Waals surface area contributed by atoms with Gasteiger partial charge in [0.1, 0.15) is 11.9 Å². The van der Waals surface area contributed by atoms with Crippen LogP contribution in [0.1, 0.15) is 26.0 Å². The molecular formula is C24H16ClFN4O2S. The SMILES string of the molecule is O=C(NC1C(=O)n2c(nnc2-c2ccccc2Cl)SC1c1ccc(F)cc1)c1ccccc1. The van der Waals surface area contributed by atoms with Crippen LogP contribution in [0.4, 0.5) is 4.39 Å². The number of halogens is 2. The Morgan fingerprint density at radius 1 is 0.970 bits per heavy atom. The van der Waals surface area contributed by atoms with Gasteiger partial charge in [-0.15, -0.1) is 10.2 Å². The summed E-state index contributed by atoms with van der Waals surface area (Å²) in [7, 11) is 0. The predicted molar refractivity (Wildman–Crippen MR) is 124 cm³/mol. The van der Waals surface area contributed by atoms with E-state index in [1.807, 2.05) is 0 Å². The smallest absolute Gasteiger partial charge is 0.258 e. The summed E-state index contributed by atoms with van der Waals surface area (Å²) in [5, 5.41) is 11.5. The molecule has 0 aliphatic carbocycles. The Balaban J connectivity index is 1.58. The average molecular weight is 479 g/mol. The molecule has 2 unspecified atom stereocenters. The van der Waals surface area contributed by atoms with E-state index < -0.39 is 23.1 Å². The summed E-state index contributed by atoms with van der Waals surface area (Å²) in [6, 6.07) is 20.6. The minimum atomic E-state index is -0.946. The van der Waals surface area contributed by atoms with Crippen LogP contribution in [-0.4, -0.2) is 32.6 Å². The molecule has 164 valence electrons. The van der Waals surface area contributed by atoms with Crippen molar-refractivity contribution in [1.29, 1.82) is 0 Å². The number of amides is 1. The van der Waals surface area contributed by atoms with E-state index in [1.165, 1.54) is 28.5 Å². The number of nitrogens with one attached hydrogen (secondary N) is 1. The maximum atomic E-state index is 13.7. The molecule has 0 bridgehead atoms. The van der Waals surface area contributed by atoms with Crippen molar-refractivity contribution in [2.24, 2.45) is 0 Å². The van der Waals surface area contributed by atoms with E-state index in [1.54, 1.807) is 66.7 Å². The van der Waals surface area contributed by atoms with Gasteiger partial charge in [-0.2, -0.15) is 0 Å². The van der Waals surface area contributed by atoms with Gasteiger partial charge in [-0.1, -0.05) is 65.8 Å². The fraction of sp³-hybridized carbons (Fsp3) is 0.0833. The molecule has 1 amide bonds. The summed E-state index contributed by atoms with van der Waals surface area (Å²) in [6.45, 7) is 0. The Kier molecular flexibility index (Phi) is 5.70. The average Bonchev–Trinajstić information content (AvgIpc) is 3.26. The predicted octanol–water partition coefficient (Wildman–Crippen LogP) is 5.02. The van der Waals surface area contributed by atoms with Crippen molar-refractivity contribution in [2.45, 2.75) is 16.4 Å². The van der Waals surface area contributed by atoms with E-state index in [-0.39, 0.29) is 5.82 Å². The largest absolute Gasteiger partial charge is 0.339 e. The number of nitrogens with zero attached hydrogens (tertiary/aromatic N) is 3. The normalized spacial score (nSPS) is 17.5. The zero-order valence-corrected chi connectivity index (χ0v) is 18.6. The minimum absolute atomic E-state index is 0.296. The summed E-state index contributed by atoms with van der Waals surface area (Å²) < 4.78 is 14.9. The molecule has 4 aromatic rings. The first-order chi connectivity index (χ1) is 16.0. The van der Waals surface area contributed by atoms with Crippen LogP contribution in [0.3, 0.4) is 0 Å². The Morgan fingerprint density at radius 3 is 2.39 bits per heavy atom. The third-order valence-corrected chi connectivity index (χ3v) is 6.89. The number of carbonyl (C=O) groups is 2. The molecule has 5 rings (SSSR count). The van der Waals surface area contributed by atoms with E-state index in [0.29, 0.717) is 32.7 Å². The van der Waals surface area contributed by atoms with Gasteiger partial charge in [0.05, 0.1) is 10.3 Å². The molecule has 2 atom stereocenters. The maximum Gasteiger partial charge on any atom is 0.258 e. The van der Waals surface area contributed by atoms with E-state index in [0.717, 1.165) is 0 Å². The zero-order chi connectivity index (χ0) is 22.9. The number of fused-ring (bicyclic) bond motifs is 1. The monoisotopic (exact) mass is 478 g/mol. The van der Waals surface area contributed by atoms with Crippen molar-refractivity contribution in [2.75, 3.05) is 0 Å². The second-order valence-corrected chi connectivity index (χ2v) is 8.88.